The van der Waals surface area contributed by atoms with Crippen molar-refractivity contribution in [2.45, 2.75) is 46.6 Å². The van der Waals surface area contributed by atoms with Gasteiger partial charge in [0.05, 0.1) is 25.1 Å². The maximum atomic E-state index is 13.3. The minimum Gasteiger partial charge on any atom is -0.493 e. The van der Waals surface area contributed by atoms with Crippen molar-refractivity contribution in [3.05, 3.63) is 76.5 Å². The van der Waals surface area contributed by atoms with Crippen molar-refractivity contribution >= 4 is 34.4 Å². The van der Waals surface area contributed by atoms with E-state index >= 15 is 0 Å². The van der Waals surface area contributed by atoms with E-state index in [1.54, 1.807) is 30.2 Å². The van der Waals surface area contributed by atoms with Gasteiger partial charge in [-0.25, -0.2) is 19.5 Å². The molecule has 3 heterocycles. The molecule has 1 fully saturated rings. The lowest BCUT2D eigenvalue weighted by molar-refractivity contribution is -0.128. The van der Waals surface area contributed by atoms with E-state index in [-0.39, 0.29) is 23.1 Å². The summed E-state index contributed by atoms with van der Waals surface area (Å²) in [7, 11) is 1.57. The number of carbonyl (C=O) groups excluding carboxylic acids is 1. The second-order valence-corrected chi connectivity index (χ2v) is 12.1. The zero-order chi connectivity index (χ0) is 30.9. The number of halogens is 1. The van der Waals surface area contributed by atoms with Crippen LogP contribution in [0.3, 0.4) is 0 Å². The third-order valence-corrected chi connectivity index (χ3v) is 7.67. The van der Waals surface area contributed by atoms with Crippen molar-refractivity contribution in [2.75, 3.05) is 25.9 Å². The van der Waals surface area contributed by atoms with E-state index in [1.165, 1.54) is 6.33 Å². The molecular formula is C32H34ClN7O3. The van der Waals surface area contributed by atoms with Gasteiger partial charge in [0, 0.05) is 23.7 Å². The molecule has 0 aliphatic carbocycles. The molecule has 10 nitrogen and oxygen atoms in total. The molecule has 1 amide bonds. The number of anilines is 1. The van der Waals surface area contributed by atoms with Gasteiger partial charge in [-0.3, -0.25) is 4.79 Å². The molecule has 1 atom stereocenters. The Labute approximate surface area is 255 Å². The van der Waals surface area contributed by atoms with Crippen LogP contribution in [-0.2, 0) is 4.79 Å². The summed E-state index contributed by atoms with van der Waals surface area (Å²) >= 11 is 6.29. The first-order valence-electron chi connectivity index (χ1n) is 14.0. The third kappa shape index (κ3) is 6.27. The molecule has 5 rings (SSSR count). The van der Waals surface area contributed by atoms with Gasteiger partial charge in [0.15, 0.2) is 17.1 Å². The molecule has 1 aliphatic heterocycles. The predicted octanol–water partition coefficient (Wildman–Crippen LogP) is 6.85. The first-order chi connectivity index (χ1) is 20.5. The van der Waals surface area contributed by atoms with Gasteiger partial charge in [-0.05, 0) is 61.1 Å². The summed E-state index contributed by atoms with van der Waals surface area (Å²) in [6.07, 6.45) is 4.70. The number of hydrogen-bond donors (Lipinski definition) is 1. The smallest absolute Gasteiger partial charge is 0.252 e. The fourth-order valence-corrected chi connectivity index (χ4v) is 5.34. The number of nitrogens with two attached hydrogens (primary N) is 1. The number of likely N-dealkylation sites (tertiary alicyclic amines) is 1. The van der Waals surface area contributed by atoms with E-state index in [1.807, 2.05) is 56.6 Å². The Balaban J connectivity index is 1.50. The number of aromatic nitrogens is 4. The molecular weight excluding hydrogens is 566 g/mol. The van der Waals surface area contributed by atoms with E-state index in [4.69, 9.17) is 38.5 Å². The number of hydrogen-bond acceptors (Lipinski definition) is 7. The quantitative estimate of drug-likeness (QED) is 0.190. The number of aryl methyl sites for hydroxylation is 1. The van der Waals surface area contributed by atoms with E-state index in [0.717, 1.165) is 24.0 Å². The van der Waals surface area contributed by atoms with E-state index in [0.29, 0.717) is 57.9 Å². The van der Waals surface area contributed by atoms with Gasteiger partial charge in [0.1, 0.15) is 23.6 Å². The normalized spacial score (nSPS) is 15.8. The minimum absolute atomic E-state index is 0.132. The van der Waals surface area contributed by atoms with Crippen LogP contribution in [0.1, 0.15) is 45.2 Å². The summed E-state index contributed by atoms with van der Waals surface area (Å²) in [6, 6.07) is 10.9. The number of rotatable bonds is 6. The monoisotopic (exact) mass is 599 g/mol. The number of piperidine rings is 1. The highest BCUT2D eigenvalue weighted by molar-refractivity contribution is 6.31. The number of ether oxygens (including phenoxy) is 2. The molecule has 1 saturated heterocycles. The van der Waals surface area contributed by atoms with Gasteiger partial charge in [-0.1, -0.05) is 44.5 Å². The second kappa shape index (κ2) is 11.9. The SMILES string of the molecule is [C-]#[N+]/C(=C\C(C)(C)C)C(=O)N1CCCC(n2nc(-c3ccc(Oc4ccc(C)c(Cl)c4)c(OC)c3)c3c(N)ncnc32)C1. The van der Waals surface area contributed by atoms with Gasteiger partial charge in [-0.15, -0.1) is 0 Å². The van der Waals surface area contributed by atoms with Crippen molar-refractivity contribution in [3.8, 4) is 28.5 Å². The van der Waals surface area contributed by atoms with Gasteiger partial charge < -0.3 is 20.1 Å². The Morgan fingerprint density at radius 3 is 2.67 bits per heavy atom. The molecule has 2 aromatic heterocycles. The highest BCUT2D eigenvalue weighted by Gasteiger charge is 2.31. The zero-order valence-corrected chi connectivity index (χ0v) is 25.6. The highest BCUT2D eigenvalue weighted by Crippen LogP contribution is 2.39. The summed E-state index contributed by atoms with van der Waals surface area (Å²) in [6.45, 7) is 16.4. The van der Waals surface area contributed by atoms with Crippen molar-refractivity contribution in [2.24, 2.45) is 5.41 Å². The molecule has 0 spiro atoms. The first kappa shape index (κ1) is 29.9. The van der Waals surface area contributed by atoms with Gasteiger partial charge in [-0.2, -0.15) is 5.10 Å². The summed E-state index contributed by atoms with van der Waals surface area (Å²) in [4.78, 5) is 27.4. The van der Waals surface area contributed by atoms with Crippen LogP contribution in [0.15, 0.2) is 54.5 Å². The van der Waals surface area contributed by atoms with Crippen LogP contribution in [0.5, 0.6) is 17.2 Å². The maximum absolute atomic E-state index is 13.3. The lowest BCUT2D eigenvalue weighted by Gasteiger charge is -2.33. The van der Waals surface area contributed by atoms with Crippen LogP contribution >= 0.6 is 11.6 Å². The first-order valence-corrected chi connectivity index (χ1v) is 14.4. The predicted molar refractivity (Wildman–Crippen MR) is 167 cm³/mol. The minimum atomic E-state index is -0.291. The van der Waals surface area contributed by atoms with Crippen LogP contribution < -0.4 is 15.2 Å². The summed E-state index contributed by atoms with van der Waals surface area (Å²) < 4.78 is 13.6. The summed E-state index contributed by atoms with van der Waals surface area (Å²) in [5.41, 5.74) is 9.08. The zero-order valence-electron chi connectivity index (χ0n) is 24.9. The Hall–Kier alpha value is -4.62. The van der Waals surface area contributed by atoms with Crippen molar-refractivity contribution in [1.82, 2.24) is 24.6 Å². The number of amides is 1. The third-order valence-electron chi connectivity index (χ3n) is 7.27. The van der Waals surface area contributed by atoms with Gasteiger partial charge in [0.25, 0.3) is 5.91 Å². The van der Waals surface area contributed by atoms with Gasteiger partial charge in [0.2, 0.25) is 5.70 Å². The van der Waals surface area contributed by atoms with Crippen LogP contribution in [0.4, 0.5) is 5.82 Å². The highest BCUT2D eigenvalue weighted by atomic mass is 35.5. The van der Waals surface area contributed by atoms with Crippen LogP contribution in [0, 0.1) is 18.9 Å². The molecule has 4 aromatic rings. The summed E-state index contributed by atoms with van der Waals surface area (Å²) in [5.74, 6) is 1.63. The topological polar surface area (TPSA) is 113 Å². The van der Waals surface area contributed by atoms with Crippen molar-refractivity contribution < 1.29 is 14.3 Å². The Bertz CT molecular complexity index is 1770. The lowest BCUT2D eigenvalue weighted by Crippen LogP contribution is -2.41. The van der Waals surface area contributed by atoms with Crippen LogP contribution in [-0.4, -0.2) is 50.8 Å². The lowest BCUT2D eigenvalue weighted by atomic mass is 9.95. The average Bonchev–Trinajstić information content (AvgIpc) is 3.38. The molecule has 1 unspecified atom stereocenters. The van der Waals surface area contributed by atoms with Crippen LogP contribution in [0.25, 0.3) is 27.1 Å². The van der Waals surface area contributed by atoms with E-state index < -0.39 is 0 Å². The maximum Gasteiger partial charge on any atom is 0.252 e. The van der Waals surface area contributed by atoms with E-state index in [2.05, 4.69) is 14.8 Å². The molecule has 0 radical (unpaired) electrons. The molecule has 0 bridgehead atoms. The number of carbonyl (C=O) groups is 1. The fourth-order valence-electron chi connectivity index (χ4n) is 5.17. The number of nitrogens with zero attached hydrogens (tertiary/aromatic N) is 6. The standard InChI is InChI=1S/C32H34ClN7O3/c1-19-9-11-22(15-23(19)33)43-25-12-10-20(14-26(25)42-6)28-27-29(34)36-18-37-30(27)40(38-28)21-8-7-13-39(17-21)31(41)24(35-5)16-32(2,3)4/h9-12,14-16,18,21H,7-8,13,17H2,1-4,6H3,(H2,34,36,37)/b24-16-. The Morgan fingerprint density at radius 2 is 1.98 bits per heavy atom. The fraction of sp³-hybridized carbons (Fsp3) is 0.344. The van der Waals surface area contributed by atoms with E-state index in [9.17, 15) is 4.79 Å². The average molecular weight is 600 g/mol. The van der Waals surface area contributed by atoms with Crippen molar-refractivity contribution in [1.29, 1.82) is 0 Å². The number of allylic oxidation sites excluding steroid dienone is 1. The summed E-state index contributed by atoms with van der Waals surface area (Å²) in [5, 5.41) is 6.20. The molecule has 1 aliphatic rings. The van der Waals surface area contributed by atoms with Gasteiger partial charge >= 0.3 is 0 Å². The number of nitrogen functional groups attached to an aromatic ring is 1. The van der Waals surface area contributed by atoms with Crippen LogP contribution in [0.2, 0.25) is 5.02 Å². The number of fused-ring (bicyclic) bond motifs is 1. The molecule has 222 valence electrons. The second-order valence-electron chi connectivity index (χ2n) is 11.7. The Morgan fingerprint density at radius 1 is 1.19 bits per heavy atom. The molecule has 0 saturated carbocycles. The largest absolute Gasteiger partial charge is 0.493 e. The molecule has 2 N–H and O–H groups in total. The Kier molecular flexibility index (Phi) is 8.29. The molecule has 2 aromatic carbocycles. The van der Waals surface area contributed by atoms with Crippen molar-refractivity contribution in [3.63, 3.8) is 0 Å². The number of benzene rings is 2. The number of methoxy groups -OCH3 is 1. The molecule has 11 heteroatoms. The molecule has 43 heavy (non-hydrogen) atoms.